The topological polar surface area (TPSA) is 88.4 Å². The van der Waals surface area contributed by atoms with E-state index in [-0.39, 0.29) is 12.4 Å². The summed E-state index contributed by atoms with van der Waals surface area (Å²) in [5, 5.41) is 19.8. The number of aromatic hydroxyl groups is 1. The van der Waals surface area contributed by atoms with Gasteiger partial charge in [0.25, 0.3) is 0 Å². The van der Waals surface area contributed by atoms with Gasteiger partial charge in [-0.15, -0.1) is 0 Å². The molecule has 0 spiro atoms. The van der Waals surface area contributed by atoms with Gasteiger partial charge in [-0.1, -0.05) is 53.9 Å². The van der Waals surface area contributed by atoms with Crippen LogP contribution in [0.2, 0.25) is 0 Å². The molecule has 0 fully saturated rings. The molecular formula is C31H35N3O3. The molecule has 0 radical (unpaired) electrons. The first-order chi connectivity index (χ1) is 17.9. The summed E-state index contributed by atoms with van der Waals surface area (Å²) in [6.07, 6.45) is 3.69. The van der Waals surface area contributed by atoms with Gasteiger partial charge >= 0.3 is 0 Å². The molecule has 37 heavy (non-hydrogen) atoms. The number of phenolic OH excluding ortho intramolecular Hbond substituents is 1. The highest BCUT2D eigenvalue weighted by Gasteiger charge is 2.17. The number of aliphatic hydroxyl groups is 1. The van der Waals surface area contributed by atoms with Crippen LogP contribution in [0.3, 0.4) is 0 Å². The van der Waals surface area contributed by atoms with Gasteiger partial charge in [0.05, 0.1) is 12.2 Å². The first-order valence-electron chi connectivity index (χ1n) is 12.8. The minimum atomic E-state index is 0.0575. The van der Waals surface area contributed by atoms with Gasteiger partial charge in [0.2, 0.25) is 0 Å². The normalized spacial score (nSPS) is 11.1. The van der Waals surface area contributed by atoms with Crippen LogP contribution in [0.15, 0.2) is 54.6 Å². The number of rotatable bonds is 10. The van der Waals surface area contributed by atoms with Crippen LogP contribution in [0.25, 0.3) is 34.2 Å². The minimum Gasteiger partial charge on any atom is -0.507 e. The summed E-state index contributed by atoms with van der Waals surface area (Å²) in [5.41, 5.74) is 6.89. The van der Waals surface area contributed by atoms with Crippen molar-refractivity contribution in [2.45, 2.75) is 53.4 Å². The van der Waals surface area contributed by atoms with Gasteiger partial charge in [0.15, 0.2) is 17.5 Å². The van der Waals surface area contributed by atoms with Crippen molar-refractivity contribution in [3.05, 3.63) is 76.9 Å². The van der Waals surface area contributed by atoms with Crippen molar-refractivity contribution in [2.24, 2.45) is 0 Å². The van der Waals surface area contributed by atoms with Gasteiger partial charge in [-0.3, -0.25) is 0 Å². The highest BCUT2D eigenvalue weighted by atomic mass is 16.5. The van der Waals surface area contributed by atoms with Crippen LogP contribution < -0.4 is 4.74 Å². The van der Waals surface area contributed by atoms with Crippen molar-refractivity contribution in [3.63, 3.8) is 0 Å². The second-order valence-corrected chi connectivity index (χ2v) is 9.61. The van der Waals surface area contributed by atoms with Gasteiger partial charge in [0, 0.05) is 23.8 Å². The lowest BCUT2D eigenvalue weighted by Gasteiger charge is -2.13. The maximum absolute atomic E-state index is 10.9. The SMILES string of the molecule is Cc1ccc(-c2nc(-c3ccc(C)cc3C)nc(-c3ccc(OCCCCCCO)cc3O)n2)c(C)c1. The van der Waals surface area contributed by atoms with E-state index in [1.54, 1.807) is 12.1 Å². The fourth-order valence-corrected chi connectivity index (χ4v) is 4.41. The maximum Gasteiger partial charge on any atom is 0.167 e. The average molecular weight is 498 g/mol. The monoisotopic (exact) mass is 497 g/mol. The molecule has 0 unspecified atom stereocenters. The zero-order valence-corrected chi connectivity index (χ0v) is 22.1. The number of nitrogens with zero attached hydrogens (tertiary/aromatic N) is 3. The zero-order chi connectivity index (χ0) is 26.4. The summed E-state index contributed by atoms with van der Waals surface area (Å²) < 4.78 is 5.82. The first-order valence-corrected chi connectivity index (χ1v) is 12.8. The van der Waals surface area contributed by atoms with Crippen LogP contribution in [-0.2, 0) is 0 Å². The molecule has 4 aromatic rings. The van der Waals surface area contributed by atoms with E-state index >= 15 is 0 Å². The molecule has 6 nitrogen and oxygen atoms in total. The molecule has 192 valence electrons. The molecular weight excluding hydrogens is 462 g/mol. The molecule has 0 saturated carbocycles. The lowest BCUT2D eigenvalue weighted by molar-refractivity contribution is 0.273. The molecule has 1 heterocycles. The molecule has 1 aromatic heterocycles. The van der Waals surface area contributed by atoms with E-state index in [0.717, 1.165) is 47.9 Å². The molecule has 3 aromatic carbocycles. The summed E-state index contributed by atoms with van der Waals surface area (Å²) in [5.74, 6) is 2.21. The molecule has 6 heteroatoms. The predicted octanol–water partition coefficient (Wildman–Crippen LogP) is 6.74. The summed E-state index contributed by atoms with van der Waals surface area (Å²) in [7, 11) is 0. The van der Waals surface area contributed by atoms with Crippen molar-refractivity contribution in [1.29, 1.82) is 0 Å². The molecule has 0 atom stereocenters. The Balaban J connectivity index is 1.70. The van der Waals surface area contributed by atoms with Gasteiger partial charge in [-0.2, -0.15) is 0 Å². The van der Waals surface area contributed by atoms with Crippen molar-refractivity contribution in [2.75, 3.05) is 13.2 Å². The van der Waals surface area contributed by atoms with Crippen molar-refractivity contribution < 1.29 is 14.9 Å². The summed E-state index contributed by atoms with van der Waals surface area (Å²) >= 11 is 0. The number of hydrogen-bond donors (Lipinski definition) is 2. The molecule has 2 N–H and O–H groups in total. The van der Waals surface area contributed by atoms with Crippen molar-refractivity contribution in [1.82, 2.24) is 15.0 Å². The van der Waals surface area contributed by atoms with E-state index in [1.807, 2.05) is 18.2 Å². The Kier molecular flexibility index (Phi) is 8.51. The standard InChI is InChI=1S/C31H35N3O3/c1-20-9-12-25(22(3)17-20)29-32-30(26-13-10-21(2)18-23(26)4)34-31(33-29)27-14-11-24(19-28(27)36)37-16-8-6-5-7-15-35/h9-14,17-19,35-36H,5-8,15-16H2,1-4H3. The minimum absolute atomic E-state index is 0.0575. The largest absolute Gasteiger partial charge is 0.507 e. The first kappa shape index (κ1) is 26.3. The zero-order valence-electron chi connectivity index (χ0n) is 22.1. The second kappa shape index (κ2) is 12.0. The Morgan fingerprint density at radius 3 is 1.65 bits per heavy atom. The fraction of sp³-hybridized carbons (Fsp3) is 0.323. The Labute approximate surface area is 219 Å². The number of hydrogen-bond acceptors (Lipinski definition) is 6. The number of aliphatic hydroxyl groups excluding tert-OH is 1. The van der Waals surface area contributed by atoms with Gasteiger partial charge in [-0.25, -0.2) is 15.0 Å². The lowest BCUT2D eigenvalue weighted by Crippen LogP contribution is -2.02. The highest BCUT2D eigenvalue weighted by molar-refractivity contribution is 5.72. The average Bonchev–Trinajstić information content (AvgIpc) is 2.86. The summed E-state index contributed by atoms with van der Waals surface area (Å²) in [6, 6.07) is 17.6. The van der Waals surface area contributed by atoms with E-state index in [0.29, 0.717) is 35.4 Å². The number of aromatic nitrogens is 3. The molecule has 0 aliphatic heterocycles. The van der Waals surface area contributed by atoms with E-state index in [9.17, 15) is 5.11 Å². The van der Waals surface area contributed by atoms with Gasteiger partial charge in [0.1, 0.15) is 11.5 Å². The third kappa shape index (κ3) is 6.52. The number of phenols is 1. The molecule has 0 bridgehead atoms. The molecule has 4 rings (SSSR count). The van der Waals surface area contributed by atoms with E-state index in [1.165, 1.54) is 11.1 Å². The van der Waals surface area contributed by atoms with Crippen LogP contribution in [0.4, 0.5) is 0 Å². The van der Waals surface area contributed by atoms with E-state index in [4.69, 9.17) is 24.8 Å². The quantitative estimate of drug-likeness (QED) is 0.236. The van der Waals surface area contributed by atoms with Crippen LogP contribution in [0, 0.1) is 27.7 Å². The molecule has 0 aliphatic rings. The van der Waals surface area contributed by atoms with E-state index < -0.39 is 0 Å². The number of benzene rings is 3. The van der Waals surface area contributed by atoms with Gasteiger partial charge in [-0.05, 0) is 70.2 Å². The maximum atomic E-state index is 10.9. The number of ether oxygens (including phenoxy) is 1. The van der Waals surface area contributed by atoms with Crippen LogP contribution >= 0.6 is 0 Å². The lowest BCUT2D eigenvalue weighted by atomic mass is 10.0. The Hall–Kier alpha value is -3.77. The van der Waals surface area contributed by atoms with Crippen LogP contribution in [0.5, 0.6) is 11.5 Å². The Bertz CT molecular complexity index is 1310. The van der Waals surface area contributed by atoms with Crippen molar-refractivity contribution in [3.8, 4) is 45.7 Å². The molecule has 0 amide bonds. The predicted molar refractivity (Wildman–Crippen MR) is 148 cm³/mol. The van der Waals surface area contributed by atoms with Crippen LogP contribution in [-0.4, -0.2) is 38.4 Å². The second-order valence-electron chi connectivity index (χ2n) is 9.61. The molecule has 0 saturated heterocycles. The third-order valence-corrected chi connectivity index (χ3v) is 6.41. The fourth-order valence-electron chi connectivity index (χ4n) is 4.41. The van der Waals surface area contributed by atoms with Gasteiger partial charge < -0.3 is 14.9 Å². The number of unbranched alkanes of at least 4 members (excludes halogenated alkanes) is 3. The molecule has 0 aliphatic carbocycles. The van der Waals surface area contributed by atoms with Crippen molar-refractivity contribution >= 4 is 0 Å². The summed E-state index contributed by atoms with van der Waals surface area (Å²) in [6.45, 7) is 9.01. The third-order valence-electron chi connectivity index (χ3n) is 6.41. The van der Waals surface area contributed by atoms with E-state index in [2.05, 4.69) is 52.0 Å². The smallest absolute Gasteiger partial charge is 0.167 e. The Morgan fingerprint density at radius 1 is 0.622 bits per heavy atom. The summed E-state index contributed by atoms with van der Waals surface area (Å²) in [4.78, 5) is 14.4. The Morgan fingerprint density at radius 2 is 1.14 bits per heavy atom. The number of aryl methyl sites for hydroxylation is 4. The highest BCUT2D eigenvalue weighted by Crippen LogP contribution is 2.34. The van der Waals surface area contributed by atoms with Crippen LogP contribution in [0.1, 0.15) is 47.9 Å².